The van der Waals surface area contributed by atoms with Crippen LogP contribution < -0.4 is 0 Å². The van der Waals surface area contributed by atoms with Crippen molar-refractivity contribution in [3.05, 3.63) is 59.7 Å². The molecule has 2 heteroatoms. The third-order valence-corrected chi connectivity index (χ3v) is 2.68. The number of benzene rings is 2. The average Bonchev–Trinajstić information content (AvgIpc) is 2.38. The molecule has 2 aromatic carbocycles. The van der Waals surface area contributed by atoms with Crippen LogP contribution in [0.1, 0.15) is 27.6 Å². The summed E-state index contributed by atoms with van der Waals surface area (Å²) in [5, 5.41) is 0. The largest absolute Gasteiger partial charge is 0.298 e. The van der Waals surface area contributed by atoms with Crippen molar-refractivity contribution in [2.24, 2.45) is 0 Å². The van der Waals surface area contributed by atoms with Gasteiger partial charge in [0.2, 0.25) is 0 Å². The van der Waals surface area contributed by atoms with Gasteiger partial charge in [-0.15, -0.1) is 0 Å². The Kier molecular flexibility index (Phi) is 3.15. The lowest BCUT2D eigenvalue weighted by molar-refractivity contribution is 0.101. The molecule has 0 saturated carbocycles. The van der Waals surface area contributed by atoms with Gasteiger partial charge in [-0.05, 0) is 18.1 Å². The monoisotopic (exact) mass is 224 g/mol. The zero-order chi connectivity index (χ0) is 12.3. The molecule has 0 bridgehead atoms. The highest BCUT2D eigenvalue weighted by molar-refractivity contribution is 6.02. The molecule has 0 spiro atoms. The second-order valence-corrected chi connectivity index (χ2v) is 3.81. The van der Waals surface area contributed by atoms with Crippen molar-refractivity contribution in [1.82, 2.24) is 0 Å². The van der Waals surface area contributed by atoms with Crippen LogP contribution in [0.4, 0.5) is 0 Å². The molecule has 0 radical (unpaired) electrons. The van der Waals surface area contributed by atoms with E-state index >= 15 is 0 Å². The Bertz CT molecular complexity index is 571. The Morgan fingerprint density at radius 3 is 2.18 bits per heavy atom. The zero-order valence-corrected chi connectivity index (χ0v) is 9.51. The molecule has 0 saturated heterocycles. The van der Waals surface area contributed by atoms with E-state index in [1.807, 2.05) is 36.4 Å². The van der Waals surface area contributed by atoms with E-state index in [0.29, 0.717) is 11.1 Å². The number of carbonyl (C=O) groups is 2. The molecule has 0 aliphatic heterocycles. The van der Waals surface area contributed by atoms with Crippen molar-refractivity contribution < 1.29 is 9.59 Å². The minimum absolute atomic E-state index is 0.00121. The average molecular weight is 224 g/mol. The number of hydrogen-bond acceptors (Lipinski definition) is 2. The van der Waals surface area contributed by atoms with E-state index in [0.717, 1.165) is 17.4 Å². The first-order chi connectivity index (χ1) is 8.24. The second-order valence-electron chi connectivity index (χ2n) is 3.81. The lowest BCUT2D eigenvalue weighted by Gasteiger charge is -2.08. The fourth-order valence-corrected chi connectivity index (χ4v) is 1.87. The molecular formula is C15H12O2. The predicted octanol–water partition coefficient (Wildman–Crippen LogP) is 3.37. The topological polar surface area (TPSA) is 34.1 Å². The van der Waals surface area contributed by atoms with Crippen LogP contribution in [0.3, 0.4) is 0 Å². The van der Waals surface area contributed by atoms with Crippen LogP contribution in [0.2, 0.25) is 0 Å². The van der Waals surface area contributed by atoms with Gasteiger partial charge >= 0.3 is 0 Å². The first kappa shape index (κ1) is 11.3. The van der Waals surface area contributed by atoms with Crippen LogP contribution in [-0.4, -0.2) is 12.1 Å². The molecule has 17 heavy (non-hydrogen) atoms. The summed E-state index contributed by atoms with van der Waals surface area (Å²) in [6.07, 6.45) is 0.812. The van der Waals surface area contributed by atoms with Crippen LogP contribution in [0.15, 0.2) is 48.5 Å². The van der Waals surface area contributed by atoms with E-state index in [9.17, 15) is 9.59 Å². The molecular weight excluding hydrogens is 212 g/mol. The summed E-state index contributed by atoms with van der Waals surface area (Å²) in [6.45, 7) is 1.53. The second kappa shape index (κ2) is 4.74. The highest BCUT2D eigenvalue weighted by Gasteiger charge is 2.10. The third kappa shape index (κ3) is 2.16. The summed E-state index contributed by atoms with van der Waals surface area (Å²) in [5.41, 5.74) is 2.85. The Morgan fingerprint density at radius 1 is 0.941 bits per heavy atom. The number of rotatable bonds is 3. The number of ketones is 1. The lowest BCUT2D eigenvalue weighted by atomic mass is 9.94. The summed E-state index contributed by atoms with van der Waals surface area (Å²) < 4.78 is 0. The molecule has 0 atom stereocenters. The quantitative estimate of drug-likeness (QED) is 0.591. The molecule has 2 aromatic rings. The molecule has 0 aliphatic carbocycles. The maximum Gasteiger partial charge on any atom is 0.160 e. The molecule has 2 rings (SSSR count). The Hall–Kier alpha value is -2.22. The van der Waals surface area contributed by atoms with Gasteiger partial charge in [-0.2, -0.15) is 0 Å². The molecule has 0 unspecified atom stereocenters. The fourth-order valence-electron chi connectivity index (χ4n) is 1.87. The predicted molar refractivity (Wildman–Crippen MR) is 67.3 cm³/mol. The molecule has 0 amide bonds. The summed E-state index contributed by atoms with van der Waals surface area (Å²) in [6, 6.07) is 14.6. The van der Waals surface area contributed by atoms with E-state index in [1.165, 1.54) is 6.92 Å². The Morgan fingerprint density at radius 2 is 1.53 bits per heavy atom. The third-order valence-electron chi connectivity index (χ3n) is 2.68. The first-order valence-corrected chi connectivity index (χ1v) is 5.38. The molecule has 2 nitrogen and oxygen atoms in total. The van der Waals surface area contributed by atoms with Gasteiger partial charge in [-0.3, -0.25) is 9.59 Å². The van der Waals surface area contributed by atoms with Crippen LogP contribution in [0, 0.1) is 0 Å². The standard InChI is InChI=1S/C15H12O2/c1-11(17)13-7-4-5-9-15(13)14-8-3-2-6-12(14)10-16/h2-10H,1H3. The fraction of sp³-hybridized carbons (Fsp3) is 0.0667. The maximum atomic E-state index is 11.6. The highest BCUT2D eigenvalue weighted by Crippen LogP contribution is 2.26. The van der Waals surface area contributed by atoms with Crippen LogP contribution in [0.25, 0.3) is 11.1 Å². The van der Waals surface area contributed by atoms with Gasteiger partial charge in [-0.1, -0.05) is 48.5 Å². The lowest BCUT2D eigenvalue weighted by Crippen LogP contribution is -1.97. The molecule has 0 fully saturated rings. The minimum atomic E-state index is 0.00121. The van der Waals surface area contributed by atoms with Crippen molar-refractivity contribution in [3.8, 4) is 11.1 Å². The van der Waals surface area contributed by atoms with E-state index in [4.69, 9.17) is 0 Å². The van der Waals surface area contributed by atoms with E-state index in [-0.39, 0.29) is 5.78 Å². The SMILES string of the molecule is CC(=O)c1ccccc1-c1ccccc1C=O. The van der Waals surface area contributed by atoms with Crippen molar-refractivity contribution in [3.63, 3.8) is 0 Å². The van der Waals surface area contributed by atoms with E-state index in [2.05, 4.69) is 0 Å². The molecule has 0 aromatic heterocycles. The Balaban J connectivity index is 2.68. The van der Waals surface area contributed by atoms with Crippen LogP contribution in [-0.2, 0) is 0 Å². The molecule has 0 aliphatic rings. The minimum Gasteiger partial charge on any atom is -0.298 e. The van der Waals surface area contributed by atoms with Gasteiger partial charge in [-0.25, -0.2) is 0 Å². The number of aldehydes is 1. The smallest absolute Gasteiger partial charge is 0.160 e. The van der Waals surface area contributed by atoms with Gasteiger partial charge in [0, 0.05) is 11.1 Å². The van der Waals surface area contributed by atoms with Crippen molar-refractivity contribution in [2.75, 3.05) is 0 Å². The first-order valence-electron chi connectivity index (χ1n) is 5.38. The summed E-state index contributed by atoms with van der Waals surface area (Å²) >= 11 is 0. The number of hydrogen-bond donors (Lipinski definition) is 0. The zero-order valence-electron chi connectivity index (χ0n) is 9.51. The Labute approximate surface area is 99.9 Å². The van der Waals surface area contributed by atoms with Crippen molar-refractivity contribution in [1.29, 1.82) is 0 Å². The van der Waals surface area contributed by atoms with Gasteiger partial charge in [0.25, 0.3) is 0 Å². The van der Waals surface area contributed by atoms with Crippen LogP contribution >= 0.6 is 0 Å². The van der Waals surface area contributed by atoms with E-state index in [1.54, 1.807) is 12.1 Å². The summed E-state index contributed by atoms with van der Waals surface area (Å²) in [5.74, 6) is 0.00121. The molecule has 0 N–H and O–H groups in total. The van der Waals surface area contributed by atoms with Gasteiger partial charge < -0.3 is 0 Å². The van der Waals surface area contributed by atoms with Gasteiger partial charge in [0.1, 0.15) is 0 Å². The van der Waals surface area contributed by atoms with Crippen molar-refractivity contribution >= 4 is 12.1 Å². The number of carbonyl (C=O) groups excluding carboxylic acids is 2. The summed E-state index contributed by atoms with van der Waals surface area (Å²) in [4.78, 5) is 22.5. The van der Waals surface area contributed by atoms with Crippen LogP contribution in [0.5, 0.6) is 0 Å². The highest BCUT2D eigenvalue weighted by atomic mass is 16.1. The van der Waals surface area contributed by atoms with Crippen molar-refractivity contribution in [2.45, 2.75) is 6.92 Å². The molecule has 84 valence electrons. The van der Waals surface area contributed by atoms with Gasteiger partial charge in [0.05, 0.1) is 0 Å². The normalized spacial score (nSPS) is 9.94. The summed E-state index contributed by atoms with van der Waals surface area (Å²) in [7, 11) is 0. The molecule has 0 heterocycles. The number of Topliss-reactive ketones (excluding diaryl/α,β-unsaturated/α-hetero) is 1. The van der Waals surface area contributed by atoms with E-state index < -0.39 is 0 Å². The van der Waals surface area contributed by atoms with Gasteiger partial charge in [0.15, 0.2) is 12.1 Å². The maximum absolute atomic E-state index is 11.6.